The zero-order valence-electron chi connectivity index (χ0n) is 10.7. The molecule has 0 bridgehead atoms. The minimum absolute atomic E-state index is 0.136. The third-order valence-corrected chi connectivity index (χ3v) is 2.61. The molecule has 0 radical (unpaired) electrons. The van der Waals surface area contributed by atoms with Crippen molar-refractivity contribution in [1.82, 2.24) is 4.98 Å². The quantitative estimate of drug-likeness (QED) is 0.597. The Labute approximate surface area is 118 Å². The van der Waals surface area contributed by atoms with Gasteiger partial charge < -0.3 is 15.3 Å². The van der Waals surface area contributed by atoms with Crippen molar-refractivity contribution in [1.29, 1.82) is 0 Å². The van der Waals surface area contributed by atoms with Gasteiger partial charge in [0.1, 0.15) is 11.6 Å². The molecule has 112 valence electrons. The van der Waals surface area contributed by atoms with Gasteiger partial charge in [0.25, 0.3) is 0 Å². The normalized spacial score (nSPS) is 11.3. The molecule has 2 aromatic rings. The molecule has 2 rings (SSSR count). The lowest BCUT2D eigenvalue weighted by molar-refractivity contribution is -0.137. The summed E-state index contributed by atoms with van der Waals surface area (Å²) in [6.45, 7) is -0.136. The van der Waals surface area contributed by atoms with E-state index in [1.807, 2.05) is 0 Å². The largest absolute Gasteiger partial charge is 0.439 e. The van der Waals surface area contributed by atoms with Crippen molar-refractivity contribution in [3.8, 4) is 11.6 Å². The Morgan fingerprint density at radius 1 is 1.19 bits per heavy atom. The Morgan fingerprint density at radius 2 is 1.86 bits per heavy atom. The number of nitrogens with two attached hydrogens (primary N) is 1. The van der Waals surface area contributed by atoms with Crippen LogP contribution in [-0.2, 0) is 12.8 Å². The summed E-state index contributed by atoms with van der Waals surface area (Å²) in [5, 5.41) is 8.91. The van der Waals surface area contributed by atoms with E-state index in [9.17, 15) is 13.2 Å². The molecule has 8 heteroatoms. The molecule has 1 heterocycles. The molecular formula is C13H12F3N3O2. The third-order valence-electron chi connectivity index (χ3n) is 2.61. The number of aliphatic hydroxyl groups excluding tert-OH is 1. The van der Waals surface area contributed by atoms with Crippen molar-refractivity contribution in [2.45, 2.75) is 12.8 Å². The lowest BCUT2D eigenvalue weighted by atomic mass is 10.2. The van der Waals surface area contributed by atoms with Crippen LogP contribution < -0.4 is 16.0 Å². The predicted molar refractivity (Wildman–Crippen MR) is 69.5 cm³/mol. The summed E-state index contributed by atoms with van der Waals surface area (Å²) in [5.74, 6) is 4.99. The van der Waals surface area contributed by atoms with Crippen LogP contribution in [0, 0.1) is 0 Å². The van der Waals surface area contributed by atoms with E-state index in [-0.39, 0.29) is 18.3 Å². The molecule has 1 aromatic heterocycles. The second-order valence-corrected chi connectivity index (χ2v) is 4.13. The number of hydrazine groups is 1. The fourth-order valence-corrected chi connectivity index (χ4v) is 1.58. The van der Waals surface area contributed by atoms with E-state index >= 15 is 0 Å². The molecule has 21 heavy (non-hydrogen) atoms. The lowest BCUT2D eigenvalue weighted by Crippen LogP contribution is -2.12. The monoisotopic (exact) mass is 299 g/mol. The third kappa shape index (κ3) is 3.83. The van der Waals surface area contributed by atoms with Crippen molar-refractivity contribution in [3.63, 3.8) is 0 Å². The number of nitrogen functional groups attached to an aromatic ring is 1. The zero-order chi connectivity index (χ0) is 15.5. The van der Waals surface area contributed by atoms with E-state index in [4.69, 9.17) is 15.7 Å². The smallest absolute Gasteiger partial charge is 0.416 e. The number of pyridine rings is 1. The van der Waals surface area contributed by atoms with Crippen molar-refractivity contribution >= 4 is 5.82 Å². The van der Waals surface area contributed by atoms with E-state index in [1.54, 1.807) is 12.1 Å². The van der Waals surface area contributed by atoms with Crippen molar-refractivity contribution in [2.75, 3.05) is 5.43 Å². The summed E-state index contributed by atoms with van der Waals surface area (Å²) in [7, 11) is 0. The number of nitrogens with zero attached hydrogens (tertiary/aromatic N) is 1. The standard InChI is InChI=1S/C13H12F3N3O2/c14-13(15,16)9-5-11(19-17)18-12(6-9)21-10-3-1-8(7-20)2-4-10/h1-6,20H,7,17H2,(H,18,19). The topological polar surface area (TPSA) is 80.4 Å². The first kappa shape index (κ1) is 15.1. The predicted octanol–water partition coefficient (Wildman–Crippen LogP) is 2.67. The maximum atomic E-state index is 12.7. The Balaban J connectivity index is 2.29. The van der Waals surface area contributed by atoms with Gasteiger partial charge in [-0.05, 0) is 23.8 Å². The van der Waals surface area contributed by atoms with Gasteiger partial charge in [-0.1, -0.05) is 12.1 Å². The average Bonchev–Trinajstić information content (AvgIpc) is 2.46. The summed E-state index contributed by atoms with van der Waals surface area (Å²) in [6, 6.07) is 7.77. The van der Waals surface area contributed by atoms with Gasteiger partial charge in [-0.15, -0.1) is 0 Å². The first-order chi connectivity index (χ1) is 9.92. The number of hydrogen-bond donors (Lipinski definition) is 3. The van der Waals surface area contributed by atoms with Gasteiger partial charge in [-0.25, -0.2) is 5.84 Å². The van der Waals surface area contributed by atoms with Gasteiger partial charge >= 0.3 is 6.18 Å². The number of aromatic nitrogens is 1. The van der Waals surface area contributed by atoms with Gasteiger partial charge in [0.2, 0.25) is 5.88 Å². The Morgan fingerprint density at radius 3 is 2.38 bits per heavy atom. The maximum Gasteiger partial charge on any atom is 0.416 e. The Kier molecular flexibility index (Phi) is 4.29. The molecule has 0 saturated heterocycles. The highest BCUT2D eigenvalue weighted by Gasteiger charge is 2.32. The van der Waals surface area contributed by atoms with E-state index < -0.39 is 11.7 Å². The summed E-state index contributed by atoms with van der Waals surface area (Å²) in [4.78, 5) is 3.80. The van der Waals surface area contributed by atoms with Crippen LogP contribution in [0.2, 0.25) is 0 Å². The Hall–Kier alpha value is -2.32. The van der Waals surface area contributed by atoms with Crippen LogP contribution in [0.15, 0.2) is 36.4 Å². The molecule has 0 saturated carbocycles. The maximum absolute atomic E-state index is 12.7. The lowest BCUT2D eigenvalue weighted by Gasteiger charge is -2.12. The van der Waals surface area contributed by atoms with Crippen LogP contribution in [0.25, 0.3) is 0 Å². The van der Waals surface area contributed by atoms with E-state index in [0.29, 0.717) is 11.3 Å². The minimum atomic E-state index is -4.53. The van der Waals surface area contributed by atoms with Crippen molar-refractivity contribution in [2.24, 2.45) is 5.84 Å². The fraction of sp³-hybridized carbons (Fsp3) is 0.154. The molecule has 4 N–H and O–H groups in total. The molecular weight excluding hydrogens is 287 g/mol. The molecule has 0 aliphatic carbocycles. The second-order valence-electron chi connectivity index (χ2n) is 4.13. The Bertz CT molecular complexity index is 615. The number of benzene rings is 1. The SMILES string of the molecule is NNc1cc(C(F)(F)F)cc(Oc2ccc(CO)cc2)n1. The first-order valence-corrected chi connectivity index (χ1v) is 5.86. The van der Waals surface area contributed by atoms with Crippen LogP contribution in [0.3, 0.4) is 0 Å². The van der Waals surface area contributed by atoms with Crippen LogP contribution in [-0.4, -0.2) is 10.1 Å². The molecule has 0 atom stereocenters. The molecule has 0 aliphatic rings. The summed E-state index contributed by atoms with van der Waals surface area (Å²) in [5.41, 5.74) is 1.79. The van der Waals surface area contributed by atoms with Crippen LogP contribution in [0.5, 0.6) is 11.6 Å². The number of ether oxygens (including phenoxy) is 1. The zero-order valence-corrected chi connectivity index (χ0v) is 10.7. The van der Waals surface area contributed by atoms with E-state index in [1.165, 1.54) is 12.1 Å². The highest BCUT2D eigenvalue weighted by atomic mass is 19.4. The van der Waals surface area contributed by atoms with Gasteiger partial charge in [-0.2, -0.15) is 18.2 Å². The molecule has 0 aliphatic heterocycles. The number of halogens is 3. The summed E-state index contributed by atoms with van der Waals surface area (Å²) in [6.07, 6.45) is -4.53. The van der Waals surface area contributed by atoms with Crippen LogP contribution >= 0.6 is 0 Å². The molecule has 0 amide bonds. The highest BCUT2D eigenvalue weighted by Crippen LogP contribution is 2.33. The van der Waals surface area contributed by atoms with Crippen LogP contribution in [0.1, 0.15) is 11.1 Å². The summed E-state index contributed by atoms with van der Waals surface area (Å²) >= 11 is 0. The van der Waals surface area contributed by atoms with Gasteiger partial charge in [0, 0.05) is 6.07 Å². The number of aliphatic hydroxyl groups is 1. The number of hydrogen-bond acceptors (Lipinski definition) is 5. The molecule has 0 spiro atoms. The van der Waals surface area contributed by atoms with Gasteiger partial charge in [0.15, 0.2) is 0 Å². The number of alkyl halides is 3. The fourth-order valence-electron chi connectivity index (χ4n) is 1.58. The number of rotatable bonds is 4. The highest BCUT2D eigenvalue weighted by molar-refractivity contribution is 5.43. The first-order valence-electron chi connectivity index (χ1n) is 5.86. The number of anilines is 1. The van der Waals surface area contributed by atoms with Crippen molar-refractivity contribution in [3.05, 3.63) is 47.5 Å². The average molecular weight is 299 g/mol. The van der Waals surface area contributed by atoms with E-state index in [2.05, 4.69) is 10.4 Å². The molecule has 0 unspecified atom stereocenters. The minimum Gasteiger partial charge on any atom is -0.439 e. The second kappa shape index (κ2) is 5.98. The molecule has 5 nitrogen and oxygen atoms in total. The number of nitrogens with one attached hydrogen (secondary N) is 1. The molecule has 0 fully saturated rings. The van der Waals surface area contributed by atoms with Crippen molar-refractivity contribution < 1.29 is 23.0 Å². The van der Waals surface area contributed by atoms with Gasteiger partial charge in [0.05, 0.1) is 12.2 Å². The van der Waals surface area contributed by atoms with Gasteiger partial charge in [-0.3, -0.25) is 0 Å². The molecule has 1 aromatic carbocycles. The van der Waals surface area contributed by atoms with Crippen LogP contribution in [0.4, 0.5) is 19.0 Å². The summed E-state index contributed by atoms with van der Waals surface area (Å²) < 4.78 is 43.5. The van der Waals surface area contributed by atoms with E-state index in [0.717, 1.165) is 12.1 Å².